The summed E-state index contributed by atoms with van der Waals surface area (Å²) < 4.78 is 5.47. The van der Waals surface area contributed by atoms with Gasteiger partial charge in [-0.05, 0) is 18.1 Å². The van der Waals surface area contributed by atoms with Crippen LogP contribution in [0.25, 0.3) is 0 Å². The third kappa shape index (κ3) is 3.00. The van der Waals surface area contributed by atoms with Crippen LogP contribution in [0.3, 0.4) is 0 Å². The molecule has 3 heteroatoms. The lowest BCUT2D eigenvalue weighted by Crippen LogP contribution is -2.19. The van der Waals surface area contributed by atoms with E-state index in [4.69, 9.17) is 4.42 Å². The van der Waals surface area contributed by atoms with Crippen molar-refractivity contribution >= 4 is 11.7 Å². The van der Waals surface area contributed by atoms with Crippen LogP contribution < -0.4 is 4.90 Å². The fourth-order valence-electron chi connectivity index (χ4n) is 1.77. The molecular weight excluding hydrogens is 226 g/mol. The molecule has 2 aromatic rings. The Morgan fingerprint density at radius 2 is 1.89 bits per heavy atom. The summed E-state index contributed by atoms with van der Waals surface area (Å²) in [6, 6.07) is 13.9. The molecular formula is C15H17NO2. The van der Waals surface area contributed by atoms with Gasteiger partial charge in [-0.3, -0.25) is 4.79 Å². The van der Waals surface area contributed by atoms with Gasteiger partial charge in [-0.25, -0.2) is 0 Å². The van der Waals surface area contributed by atoms with Gasteiger partial charge in [-0.1, -0.05) is 30.3 Å². The van der Waals surface area contributed by atoms with Gasteiger partial charge in [0.2, 0.25) is 0 Å². The van der Waals surface area contributed by atoms with Gasteiger partial charge >= 0.3 is 0 Å². The highest BCUT2D eigenvalue weighted by Crippen LogP contribution is 2.18. The predicted molar refractivity (Wildman–Crippen MR) is 72.1 cm³/mol. The van der Waals surface area contributed by atoms with Crippen molar-refractivity contribution in [3.8, 4) is 0 Å². The van der Waals surface area contributed by atoms with Crippen molar-refractivity contribution in [2.75, 3.05) is 18.5 Å². The Morgan fingerprint density at radius 1 is 1.17 bits per heavy atom. The van der Waals surface area contributed by atoms with Crippen molar-refractivity contribution < 1.29 is 9.21 Å². The van der Waals surface area contributed by atoms with Gasteiger partial charge < -0.3 is 9.32 Å². The number of likely N-dealkylation sites (N-methyl/N-ethyl adjacent to an activating group) is 1. The lowest BCUT2D eigenvalue weighted by Gasteiger charge is -2.15. The first kappa shape index (κ1) is 12.4. The van der Waals surface area contributed by atoms with Crippen LogP contribution in [-0.4, -0.2) is 19.4 Å². The van der Waals surface area contributed by atoms with E-state index in [-0.39, 0.29) is 5.78 Å². The number of hydrogen-bond acceptors (Lipinski definition) is 3. The molecule has 0 spiro atoms. The molecule has 0 unspecified atom stereocenters. The Balaban J connectivity index is 1.95. The topological polar surface area (TPSA) is 33.5 Å². The lowest BCUT2D eigenvalue weighted by atomic mass is 10.1. The van der Waals surface area contributed by atoms with Gasteiger partial charge in [-0.15, -0.1) is 0 Å². The quantitative estimate of drug-likeness (QED) is 0.756. The fourth-order valence-corrected chi connectivity index (χ4v) is 1.77. The maximum atomic E-state index is 11.1. The van der Waals surface area contributed by atoms with E-state index in [0.29, 0.717) is 5.76 Å². The van der Waals surface area contributed by atoms with Gasteiger partial charge in [0.25, 0.3) is 0 Å². The summed E-state index contributed by atoms with van der Waals surface area (Å²) in [6.07, 6.45) is 0.952. The maximum Gasteiger partial charge on any atom is 0.196 e. The SMILES string of the molecule is CC(=O)c1ccc(N(C)CCc2ccccc2)o1. The fraction of sp³-hybridized carbons (Fsp3) is 0.267. The monoisotopic (exact) mass is 243 g/mol. The van der Waals surface area contributed by atoms with Gasteiger partial charge in [0.1, 0.15) is 0 Å². The molecule has 2 rings (SSSR count). The van der Waals surface area contributed by atoms with E-state index in [2.05, 4.69) is 12.1 Å². The number of anilines is 1. The van der Waals surface area contributed by atoms with Crippen LogP contribution in [0.1, 0.15) is 23.0 Å². The van der Waals surface area contributed by atoms with Crippen molar-refractivity contribution in [1.82, 2.24) is 0 Å². The lowest BCUT2D eigenvalue weighted by molar-refractivity contribution is 0.0988. The van der Waals surface area contributed by atoms with Gasteiger partial charge in [0, 0.05) is 26.6 Å². The normalized spacial score (nSPS) is 10.3. The molecule has 0 amide bonds. The summed E-state index contributed by atoms with van der Waals surface area (Å²) >= 11 is 0. The largest absolute Gasteiger partial charge is 0.437 e. The Morgan fingerprint density at radius 3 is 2.50 bits per heavy atom. The van der Waals surface area contributed by atoms with Crippen LogP contribution in [0.4, 0.5) is 5.88 Å². The molecule has 1 heterocycles. The average molecular weight is 243 g/mol. The highest BCUT2D eigenvalue weighted by molar-refractivity contribution is 5.91. The number of carbonyl (C=O) groups excluding carboxylic acids is 1. The summed E-state index contributed by atoms with van der Waals surface area (Å²) in [5, 5.41) is 0. The summed E-state index contributed by atoms with van der Waals surface area (Å²) in [4.78, 5) is 13.2. The number of Topliss-reactive ketones (excluding diaryl/α,β-unsaturated/α-hetero) is 1. The highest BCUT2D eigenvalue weighted by Gasteiger charge is 2.09. The molecule has 0 aliphatic rings. The summed E-state index contributed by atoms with van der Waals surface area (Å²) in [7, 11) is 1.96. The number of nitrogens with zero attached hydrogens (tertiary/aromatic N) is 1. The van der Waals surface area contributed by atoms with E-state index < -0.39 is 0 Å². The number of carbonyl (C=O) groups is 1. The van der Waals surface area contributed by atoms with Crippen molar-refractivity contribution in [3.63, 3.8) is 0 Å². The Labute approximate surface area is 107 Å². The van der Waals surface area contributed by atoms with Crippen LogP contribution in [0.5, 0.6) is 0 Å². The van der Waals surface area contributed by atoms with Crippen molar-refractivity contribution in [3.05, 3.63) is 53.8 Å². The second-order valence-corrected chi connectivity index (χ2v) is 4.35. The van der Waals surface area contributed by atoms with Crippen LogP contribution in [-0.2, 0) is 6.42 Å². The molecule has 3 nitrogen and oxygen atoms in total. The maximum absolute atomic E-state index is 11.1. The minimum Gasteiger partial charge on any atom is -0.437 e. The van der Waals surface area contributed by atoms with E-state index in [1.54, 1.807) is 6.07 Å². The molecule has 0 saturated heterocycles. The molecule has 0 fully saturated rings. The van der Waals surface area contributed by atoms with Crippen LogP contribution in [0.15, 0.2) is 46.9 Å². The average Bonchev–Trinajstić information content (AvgIpc) is 2.87. The zero-order valence-electron chi connectivity index (χ0n) is 10.7. The first-order valence-electron chi connectivity index (χ1n) is 6.02. The summed E-state index contributed by atoms with van der Waals surface area (Å²) in [5.74, 6) is 1.10. The molecule has 0 radical (unpaired) electrons. The molecule has 1 aromatic carbocycles. The van der Waals surface area contributed by atoms with E-state index in [1.165, 1.54) is 12.5 Å². The summed E-state index contributed by atoms with van der Waals surface area (Å²) in [5.41, 5.74) is 1.29. The molecule has 0 aliphatic heterocycles. The molecule has 0 N–H and O–H groups in total. The Bertz CT molecular complexity index is 516. The Kier molecular flexibility index (Phi) is 3.82. The van der Waals surface area contributed by atoms with E-state index in [0.717, 1.165) is 18.8 Å². The van der Waals surface area contributed by atoms with Crippen LogP contribution >= 0.6 is 0 Å². The molecule has 1 aromatic heterocycles. The second-order valence-electron chi connectivity index (χ2n) is 4.35. The number of hydrogen-bond donors (Lipinski definition) is 0. The van der Waals surface area contributed by atoms with E-state index >= 15 is 0 Å². The highest BCUT2D eigenvalue weighted by atomic mass is 16.4. The van der Waals surface area contributed by atoms with Crippen LogP contribution in [0, 0.1) is 0 Å². The van der Waals surface area contributed by atoms with Gasteiger partial charge in [0.05, 0.1) is 0 Å². The minimum atomic E-state index is -0.0438. The molecule has 0 aliphatic carbocycles. The standard InChI is InChI=1S/C15H17NO2/c1-12(17)14-8-9-15(18-14)16(2)11-10-13-6-4-3-5-7-13/h3-9H,10-11H2,1-2H3. The second kappa shape index (κ2) is 5.54. The van der Waals surface area contributed by atoms with Gasteiger partial charge in [-0.2, -0.15) is 0 Å². The minimum absolute atomic E-state index is 0.0438. The zero-order valence-corrected chi connectivity index (χ0v) is 10.7. The first-order chi connectivity index (χ1) is 8.66. The molecule has 0 saturated carbocycles. The predicted octanol–water partition coefficient (Wildman–Crippen LogP) is 3.16. The van der Waals surface area contributed by atoms with Gasteiger partial charge in [0.15, 0.2) is 17.4 Å². The molecule has 0 bridgehead atoms. The molecule has 0 atom stereocenters. The number of ketones is 1. The molecule has 18 heavy (non-hydrogen) atoms. The van der Waals surface area contributed by atoms with E-state index in [1.807, 2.05) is 36.2 Å². The van der Waals surface area contributed by atoms with Crippen molar-refractivity contribution in [2.24, 2.45) is 0 Å². The summed E-state index contributed by atoms with van der Waals surface area (Å²) in [6.45, 7) is 2.36. The third-order valence-corrected chi connectivity index (χ3v) is 2.89. The van der Waals surface area contributed by atoms with Crippen molar-refractivity contribution in [2.45, 2.75) is 13.3 Å². The number of benzene rings is 1. The number of rotatable bonds is 5. The van der Waals surface area contributed by atoms with Crippen LogP contribution in [0.2, 0.25) is 0 Å². The first-order valence-corrected chi connectivity index (χ1v) is 6.02. The van der Waals surface area contributed by atoms with E-state index in [9.17, 15) is 4.79 Å². The smallest absolute Gasteiger partial charge is 0.196 e. The zero-order chi connectivity index (χ0) is 13.0. The Hall–Kier alpha value is -2.03. The molecule has 94 valence electrons. The third-order valence-electron chi connectivity index (χ3n) is 2.89. The van der Waals surface area contributed by atoms with Crippen molar-refractivity contribution in [1.29, 1.82) is 0 Å². The number of furan rings is 1.